The molecule has 1 aromatic carbocycles. The molecule has 0 amide bonds. The van der Waals surface area contributed by atoms with E-state index in [0.717, 1.165) is 12.6 Å². The first kappa shape index (κ1) is 12.2. The van der Waals surface area contributed by atoms with Gasteiger partial charge >= 0.3 is 0 Å². The number of nitrogens with two attached hydrogens (primary N) is 1. The second-order valence-electron chi connectivity index (χ2n) is 6.30. The van der Waals surface area contributed by atoms with Crippen molar-refractivity contribution >= 4 is 0 Å². The van der Waals surface area contributed by atoms with Crippen molar-refractivity contribution in [2.24, 2.45) is 11.1 Å². The van der Waals surface area contributed by atoms with Crippen LogP contribution in [0.15, 0.2) is 30.3 Å². The smallest absolute Gasteiger partial charge is 0.0233 e. The summed E-state index contributed by atoms with van der Waals surface area (Å²) in [4.78, 5) is 2.52. The van der Waals surface area contributed by atoms with Crippen LogP contribution in [-0.2, 0) is 6.54 Å². The minimum atomic E-state index is 0.512. The van der Waals surface area contributed by atoms with Crippen LogP contribution in [0.5, 0.6) is 0 Å². The molecule has 0 saturated heterocycles. The third-order valence-corrected chi connectivity index (χ3v) is 5.10. The SMILES string of the molecule is CN(Cc1ccccc1)C1CCC2(CC1)CC2N. The van der Waals surface area contributed by atoms with Crippen molar-refractivity contribution in [3.8, 4) is 0 Å². The number of nitrogens with zero attached hydrogens (tertiary/aromatic N) is 1. The molecule has 0 aromatic heterocycles. The van der Waals surface area contributed by atoms with Crippen molar-refractivity contribution in [1.29, 1.82) is 0 Å². The molecule has 2 aliphatic carbocycles. The van der Waals surface area contributed by atoms with Crippen LogP contribution in [0, 0.1) is 5.41 Å². The van der Waals surface area contributed by atoms with Gasteiger partial charge in [-0.25, -0.2) is 0 Å². The first-order valence-electron chi connectivity index (χ1n) is 7.19. The van der Waals surface area contributed by atoms with Gasteiger partial charge < -0.3 is 5.73 Å². The van der Waals surface area contributed by atoms with E-state index < -0.39 is 0 Å². The number of hydrogen-bond donors (Lipinski definition) is 1. The average Bonchev–Trinajstić information content (AvgIpc) is 3.01. The maximum atomic E-state index is 6.06. The van der Waals surface area contributed by atoms with Crippen molar-refractivity contribution in [1.82, 2.24) is 4.90 Å². The molecule has 2 heteroatoms. The van der Waals surface area contributed by atoms with Crippen molar-refractivity contribution in [2.45, 2.75) is 50.7 Å². The van der Waals surface area contributed by atoms with E-state index in [9.17, 15) is 0 Å². The van der Waals surface area contributed by atoms with Gasteiger partial charge in [-0.1, -0.05) is 30.3 Å². The molecule has 2 aliphatic rings. The van der Waals surface area contributed by atoms with Gasteiger partial charge in [-0.15, -0.1) is 0 Å². The zero-order valence-corrected chi connectivity index (χ0v) is 11.3. The molecule has 0 heterocycles. The summed E-state index contributed by atoms with van der Waals surface area (Å²) < 4.78 is 0. The predicted octanol–water partition coefficient (Wildman–Crippen LogP) is 2.78. The Balaban J connectivity index is 1.53. The van der Waals surface area contributed by atoms with Gasteiger partial charge in [-0.3, -0.25) is 4.90 Å². The molecule has 18 heavy (non-hydrogen) atoms. The summed E-state index contributed by atoms with van der Waals surface area (Å²) in [7, 11) is 2.27. The van der Waals surface area contributed by atoms with Crippen LogP contribution in [0.3, 0.4) is 0 Å². The van der Waals surface area contributed by atoms with E-state index in [2.05, 4.69) is 42.3 Å². The summed E-state index contributed by atoms with van der Waals surface area (Å²) in [5, 5.41) is 0. The second-order valence-corrected chi connectivity index (χ2v) is 6.30. The Morgan fingerprint density at radius 1 is 1.22 bits per heavy atom. The Labute approximate surface area is 110 Å². The lowest BCUT2D eigenvalue weighted by molar-refractivity contribution is 0.149. The molecule has 1 spiro atoms. The Morgan fingerprint density at radius 2 is 1.83 bits per heavy atom. The number of benzene rings is 1. The zero-order chi connectivity index (χ0) is 12.6. The van der Waals surface area contributed by atoms with Crippen LogP contribution in [0.1, 0.15) is 37.7 Å². The van der Waals surface area contributed by atoms with Gasteiger partial charge in [-0.2, -0.15) is 0 Å². The molecule has 0 bridgehead atoms. The van der Waals surface area contributed by atoms with E-state index in [-0.39, 0.29) is 0 Å². The van der Waals surface area contributed by atoms with Crippen LogP contribution in [0.4, 0.5) is 0 Å². The molecule has 1 aromatic rings. The standard InChI is InChI=1S/C16H24N2/c1-18(12-13-5-3-2-4-6-13)14-7-9-16(10-8-14)11-15(16)17/h2-6,14-15H,7-12,17H2,1H3. The van der Waals surface area contributed by atoms with Crippen LogP contribution < -0.4 is 5.73 Å². The molecule has 98 valence electrons. The summed E-state index contributed by atoms with van der Waals surface area (Å²) in [6, 6.07) is 12.0. The van der Waals surface area contributed by atoms with E-state index in [1.807, 2.05) is 0 Å². The fraction of sp³-hybridized carbons (Fsp3) is 0.625. The van der Waals surface area contributed by atoms with Gasteiger partial charge in [0.2, 0.25) is 0 Å². The Hall–Kier alpha value is -0.860. The summed E-state index contributed by atoms with van der Waals surface area (Å²) in [5.74, 6) is 0. The molecule has 1 atom stereocenters. The summed E-state index contributed by atoms with van der Waals surface area (Å²) in [5.41, 5.74) is 8.04. The maximum Gasteiger partial charge on any atom is 0.0233 e. The second kappa shape index (κ2) is 4.67. The highest BCUT2D eigenvalue weighted by Crippen LogP contribution is 2.55. The fourth-order valence-electron chi connectivity index (χ4n) is 3.57. The average molecular weight is 244 g/mol. The minimum absolute atomic E-state index is 0.512. The maximum absolute atomic E-state index is 6.06. The van der Waals surface area contributed by atoms with Crippen LogP contribution in [0.25, 0.3) is 0 Å². The highest BCUT2D eigenvalue weighted by Gasteiger charge is 2.52. The van der Waals surface area contributed by atoms with E-state index in [4.69, 9.17) is 5.73 Å². The fourth-order valence-corrected chi connectivity index (χ4v) is 3.57. The first-order valence-corrected chi connectivity index (χ1v) is 7.19. The van der Waals surface area contributed by atoms with Crippen molar-refractivity contribution < 1.29 is 0 Å². The first-order chi connectivity index (χ1) is 8.70. The van der Waals surface area contributed by atoms with Gasteiger partial charge in [0.1, 0.15) is 0 Å². The molecule has 2 saturated carbocycles. The highest BCUT2D eigenvalue weighted by molar-refractivity contribution is 5.15. The predicted molar refractivity (Wildman–Crippen MR) is 75.2 cm³/mol. The lowest BCUT2D eigenvalue weighted by atomic mass is 9.82. The third kappa shape index (κ3) is 2.32. The highest BCUT2D eigenvalue weighted by atomic mass is 15.1. The Kier molecular flexibility index (Phi) is 3.16. The van der Waals surface area contributed by atoms with E-state index >= 15 is 0 Å². The Bertz CT molecular complexity index is 393. The van der Waals surface area contributed by atoms with E-state index in [1.54, 1.807) is 0 Å². The topological polar surface area (TPSA) is 29.3 Å². The number of rotatable bonds is 3. The van der Waals surface area contributed by atoms with Gasteiger partial charge in [-0.05, 0) is 50.1 Å². The van der Waals surface area contributed by atoms with Crippen LogP contribution >= 0.6 is 0 Å². The summed E-state index contributed by atoms with van der Waals surface area (Å²) in [6.07, 6.45) is 6.63. The molecule has 2 fully saturated rings. The van der Waals surface area contributed by atoms with Crippen molar-refractivity contribution in [3.05, 3.63) is 35.9 Å². The summed E-state index contributed by atoms with van der Waals surface area (Å²) >= 11 is 0. The monoisotopic (exact) mass is 244 g/mol. The van der Waals surface area contributed by atoms with Gasteiger partial charge in [0.15, 0.2) is 0 Å². The molecule has 0 radical (unpaired) electrons. The van der Waals surface area contributed by atoms with Crippen molar-refractivity contribution in [3.63, 3.8) is 0 Å². The lowest BCUT2D eigenvalue weighted by Gasteiger charge is -2.35. The molecular formula is C16H24N2. The summed E-state index contributed by atoms with van der Waals surface area (Å²) in [6.45, 7) is 1.07. The molecule has 1 unspecified atom stereocenters. The quantitative estimate of drug-likeness (QED) is 0.886. The molecular weight excluding hydrogens is 220 g/mol. The lowest BCUT2D eigenvalue weighted by Crippen LogP contribution is -2.36. The minimum Gasteiger partial charge on any atom is -0.327 e. The molecule has 0 aliphatic heterocycles. The van der Waals surface area contributed by atoms with E-state index in [1.165, 1.54) is 37.7 Å². The molecule has 2 nitrogen and oxygen atoms in total. The third-order valence-electron chi connectivity index (χ3n) is 5.10. The zero-order valence-electron chi connectivity index (χ0n) is 11.3. The van der Waals surface area contributed by atoms with Crippen LogP contribution in [-0.4, -0.2) is 24.0 Å². The van der Waals surface area contributed by atoms with Gasteiger partial charge in [0, 0.05) is 18.6 Å². The largest absolute Gasteiger partial charge is 0.327 e. The number of hydrogen-bond acceptors (Lipinski definition) is 2. The van der Waals surface area contributed by atoms with Crippen LogP contribution in [0.2, 0.25) is 0 Å². The molecule has 3 rings (SSSR count). The Morgan fingerprint density at radius 3 is 2.39 bits per heavy atom. The molecule has 2 N–H and O–H groups in total. The van der Waals surface area contributed by atoms with Crippen molar-refractivity contribution in [2.75, 3.05) is 7.05 Å². The van der Waals surface area contributed by atoms with E-state index in [0.29, 0.717) is 11.5 Å². The van der Waals surface area contributed by atoms with Gasteiger partial charge in [0.25, 0.3) is 0 Å². The normalized spacial score (nSPS) is 35.1. The van der Waals surface area contributed by atoms with Gasteiger partial charge in [0.05, 0.1) is 0 Å².